The fourth-order valence-electron chi connectivity index (χ4n) is 2.86. The predicted molar refractivity (Wildman–Crippen MR) is 109 cm³/mol. The summed E-state index contributed by atoms with van der Waals surface area (Å²) < 4.78 is 80.8. The molecule has 0 fully saturated rings. The maximum absolute atomic E-state index is 13.8. The Labute approximate surface area is 196 Å². The van der Waals surface area contributed by atoms with E-state index in [2.05, 4.69) is 31.9 Å². The maximum atomic E-state index is 13.8. The maximum Gasteiger partial charge on any atom is 0.419 e. The summed E-state index contributed by atoms with van der Waals surface area (Å²) in [6.45, 7) is 0.740. The van der Waals surface area contributed by atoms with Gasteiger partial charge in [-0.2, -0.15) is 26.3 Å². The molecule has 0 aromatic heterocycles. The standard InChI is InChI=1S/C16H8Br2ClF6N3O4/c1-2-26(14-8(17)5-9(19)11(12(14)18)16(23,24)25)13-7(15(20,21)22)3-6(27(29)30)4-10(13)28(31)32/h3-5H,2H2,1H3. The highest BCUT2D eigenvalue weighted by Gasteiger charge is 2.43. The van der Waals surface area contributed by atoms with Crippen LogP contribution in [-0.4, -0.2) is 16.4 Å². The average Bonchev–Trinajstić information content (AvgIpc) is 2.61. The topological polar surface area (TPSA) is 89.5 Å². The lowest BCUT2D eigenvalue weighted by molar-refractivity contribution is -0.394. The first-order chi connectivity index (χ1) is 14.5. The quantitative estimate of drug-likeness (QED) is 0.194. The Morgan fingerprint density at radius 2 is 1.53 bits per heavy atom. The van der Waals surface area contributed by atoms with Gasteiger partial charge in [0.15, 0.2) is 0 Å². The number of halogens is 9. The van der Waals surface area contributed by atoms with Crippen molar-refractivity contribution >= 4 is 66.2 Å². The molecule has 0 N–H and O–H groups in total. The van der Waals surface area contributed by atoms with Crippen LogP contribution in [0.3, 0.4) is 0 Å². The second kappa shape index (κ2) is 9.02. The third-order valence-corrected chi connectivity index (χ3v) is 5.75. The van der Waals surface area contributed by atoms with Crippen LogP contribution in [0.25, 0.3) is 0 Å². The van der Waals surface area contributed by atoms with Crippen molar-refractivity contribution in [3.8, 4) is 0 Å². The van der Waals surface area contributed by atoms with E-state index in [0.29, 0.717) is 11.0 Å². The van der Waals surface area contributed by atoms with Crippen molar-refractivity contribution in [2.45, 2.75) is 19.3 Å². The van der Waals surface area contributed by atoms with Crippen molar-refractivity contribution in [1.82, 2.24) is 0 Å². The number of hydrogen-bond donors (Lipinski definition) is 0. The first-order valence-corrected chi connectivity index (χ1v) is 10.0. The summed E-state index contributed by atoms with van der Waals surface area (Å²) in [7, 11) is 0. The van der Waals surface area contributed by atoms with Gasteiger partial charge >= 0.3 is 12.4 Å². The highest BCUT2D eigenvalue weighted by atomic mass is 79.9. The number of nitro groups is 2. The van der Waals surface area contributed by atoms with E-state index in [1.807, 2.05) is 0 Å². The molecule has 2 aromatic carbocycles. The lowest BCUT2D eigenvalue weighted by Crippen LogP contribution is -2.24. The van der Waals surface area contributed by atoms with Gasteiger partial charge in [-0.25, -0.2) is 0 Å². The van der Waals surface area contributed by atoms with Gasteiger partial charge in [0.2, 0.25) is 0 Å². The molecule has 0 saturated carbocycles. The van der Waals surface area contributed by atoms with Gasteiger partial charge in [0.05, 0.1) is 42.2 Å². The SMILES string of the molecule is CCN(c1c([N+](=O)[O-])cc([N+](=O)[O-])cc1C(F)(F)F)c1c(Br)cc(Cl)c(C(F)(F)F)c1Br. The van der Waals surface area contributed by atoms with Crippen molar-refractivity contribution in [3.63, 3.8) is 0 Å². The molecule has 174 valence electrons. The zero-order valence-electron chi connectivity index (χ0n) is 15.3. The van der Waals surface area contributed by atoms with E-state index in [1.54, 1.807) is 0 Å². The van der Waals surface area contributed by atoms with Gasteiger partial charge < -0.3 is 4.90 Å². The second-order valence-electron chi connectivity index (χ2n) is 5.99. The van der Waals surface area contributed by atoms with Crippen molar-refractivity contribution < 1.29 is 36.2 Å². The summed E-state index contributed by atoms with van der Waals surface area (Å²) in [5.74, 6) is 0. The van der Waals surface area contributed by atoms with E-state index in [-0.39, 0.29) is 10.5 Å². The largest absolute Gasteiger partial charge is 0.419 e. The van der Waals surface area contributed by atoms with Crippen LogP contribution < -0.4 is 4.90 Å². The van der Waals surface area contributed by atoms with Gasteiger partial charge in [-0.1, -0.05) is 11.6 Å². The number of anilines is 2. The molecule has 0 atom stereocenters. The molecule has 2 aromatic rings. The Hall–Kier alpha value is -2.13. The number of benzene rings is 2. The Bertz CT molecular complexity index is 1110. The average molecular weight is 616 g/mol. The van der Waals surface area contributed by atoms with E-state index in [1.165, 1.54) is 6.92 Å². The van der Waals surface area contributed by atoms with Crippen LogP contribution in [0.1, 0.15) is 18.1 Å². The molecule has 0 bridgehead atoms. The van der Waals surface area contributed by atoms with E-state index >= 15 is 0 Å². The molecule has 0 spiro atoms. The minimum Gasteiger partial charge on any atom is -0.334 e. The van der Waals surface area contributed by atoms with Gasteiger partial charge in [0.25, 0.3) is 11.4 Å². The molecule has 2 rings (SSSR count). The Morgan fingerprint density at radius 1 is 0.969 bits per heavy atom. The highest BCUT2D eigenvalue weighted by Crippen LogP contribution is 2.52. The van der Waals surface area contributed by atoms with E-state index in [4.69, 9.17) is 11.6 Å². The fourth-order valence-corrected chi connectivity index (χ4v) is 5.19. The van der Waals surface area contributed by atoms with Gasteiger partial charge in [0, 0.05) is 17.1 Å². The van der Waals surface area contributed by atoms with Gasteiger partial charge in [-0.15, -0.1) is 0 Å². The van der Waals surface area contributed by atoms with Gasteiger partial charge in [0.1, 0.15) is 5.69 Å². The lowest BCUT2D eigenvalue weighted by Gasteiger charge is -2.29. The normalized spacial score (nSPS) is 12.1. The molecular formula is C16H8Br2ClF6N3O4. The minimum absolute atomic E-state index is 0.0768. The van der Waals surface area contributed by atoms with Crippen LogP contribution in [-0.2, 0) is 12.4 Å². The minimum atomic E-state index is -5.32. The highest BCUT2D eigenvalue weighted by molar-refractivity contribution is 9.11. The molecule has 32 heavy (non-hydrogen) atoms. The van der Waals surface area contributed by atoms with E-state index < -0.39 is 72.1 Å². The summed E-state index contributed by atoms with van der Waals surface area (Å²) in [5, 5.41) is 21.8. The first kappa shape index (κ1) is 26.1. The molecule has 0 aliphatic carbocycles. The molecule has 0 aliphatic rings. The zero-order chi connectivity index (χ0) is 24.8. The van der Waals surface area contributed by atoms with Crippen LogP contribution in [0.15, 0.2) is 27.1 Å². The predicted octanol–water partition coefficient (Wildman–Crippen LogP) is 7.88. The molecule has 0 saturated heterocycles. The first-order valence-electron chi connectivity index (χ1n) is 8.08. The molecule has 0 amide bonds. The summed E-state index contributed by atoms with van der Waals surface area (Å²) in [5.41, 5.74) is -7.46. The molecule has 0 heterocycles. The Balaban J connectivity index is 3.05. The van der Waals surface area contributed by atoms with Crippen LogP contribution >= 0.6 is 43.5 Å². The fraction of sp³-hybridized carbons (Fsp3) is 0.250. The number of nitro benzene ring substituents is 2. The number of hydrogen-bond acceptors (Lipinski definition) is 5. The smallest absolute Gasteiger partial charge is 0.334 e. The van der Waals surface area contributed by atoms with E-state index in [9.17, 15) is 46.6 Å². The second-order valence-corrected chi connectivity index (χ2v) is 8.05. The lowest BCUT2D eigenvalue weighted by atomic mass is 10.1. The number of rotatable bonds is 5. The zero-order valence-corrected chi connectivity index (χ0v) is 19.2. The molecule has 7 nitrogen and oxygen atoms in total. The van der Waals surface area contributed by atoms with Crippen LogP contribution in [0.2, 0.25) is 5.02 Å². The number of nitrogens with zero attached hydrogens (tertiary/aromatic N) is 3. The van der Waals surface area contributed by atoms with Crippen molar-refractivity contribution in [1.29, 1.82) is 0 Å². The summed E-state index contributed by atoms with van der Waals surface area (Å²) in [6, 6.07) is 1.15. The third-order valence-electron chi connectivity index (χ3n) is 4.07. The van der Waals surface area contributed by atoms with Crippen molar-refractivity contribution in [2.75, 3.05) is 11.4 Å². The van der Waals surface area contributed by atoms with Crippen molar-refractivity contribution in [2.24, 2.45) is 0 Å². The van der Waals surface area contributed by atoms with E-state index in [0.717, 1.165) is 6.07 Å². The van der Waals surface area contributed by atoms with Crippen LogP contribution in [0.5, 0.6) is 0 Å². The number of non-ortho nitro benzene ring substituents is 1. The summed E-state index contributed by atoms with van der Waals surface area (Å²) in [6.07, 6.45) is -10.4. The van der Waals surface area contributed by atoms with Gasteiger partial charge in [-0.3, -0.25) is 20.2 Å². The van der Waals surface area contributed by atoms with Gasteiger partial charge in [-0.05, 0) is 44.8 Å². The Morgan fingerprint density at radius 3 is 1.94 bits per heavy atom. The molecule has 16 heteroatoms. The summed E-state index contributed by atoms with van der Waals surface area (Å²) in [4.78, 5) is 20.6. The molecular weight excluding hydrogens is 607 g/mol. The molecule has 0 aliphatic heterocycles. The van der Waals surface area contributed by atoms with Crippen molar-refractivity contribution in [3.05, 3.63) is 63.5 Å². The monoisotopic (exact) mass is 613 g/mol. The van der Waals surface area contributed by atoms with Crippen LogP contribution in [0, 0.1) is 20.2 Å². The Kier molecular flexibility index (Phi) is 7.36. The van der Waals surface area contributed by atoms with Crippen LogP contribution in [0.4, 0.5) is 49.1 Å². The number of alkyl halides is 6. The molecule has 0 unspecified atom stereocenters. The third kappa shape index (κ3) is 4.93. The summed E-state index contributed by atoms with van der Waals surface area (Å²) >= 11 is 11.3. The molecule has 0 radical (unpaired) electrons.